The van der Waals surface area contributed by atoms with Gasteiger partial charge in [-0.25, -0.2) is 18.1 Å². The van der Waals surface area contributed by atoms with E-state index in [0.29, 0.717) is 24.1 Å². The van der Waals surface area contributed by atoms with E-state index in [1.54, 1.807) is 12.1 Å². The van der Waals surface area contributed by atoms with Gasteiger partial charge in [0, 0.05) is 30.6 Å². The fraction of sp³-hybridized carbons (Fsp3) is 0.312. The summed E-state index contributed by atoms with van der Waals surface area (Å²) >= 11 is 0. The minimum absolute atomic E-state index is 0.00528. The van der Waals surface area contributed by atoms with Crippen LogP contribution in [-0.4, -0.2) is 43.0 Å². The van der Waals surface area contributed by atoms with E-state index in [1.165, 1.54) is 5.56 Å². The van der Waals surface area contributed by atoms with Gasteiger partial charge in [-0.15, -0.1) is 0 Å². The van der Waals surface area contributed by atoms with Crippen LogP contribution in [0.25, 0.3) is 11.3 Å². The highest BCUT2D eigenvalue weighted by atomic mass is 32.2. The van der Waals surface area contributed by atoms with Crippen molar-refractivity contribution in [1.29, 1.82) is 0 Å². The van der Waals surface area contributed by atoms with Crippen LogP contribution in [0.1, 0.15) is 28.7 Å². The van der Waals surface area contributed by atoms with E-state index in [9.17, 15) is 8.42 Å². The Labute approximate surface area is 236 Å². The predicted molar refractivity (Wildman–Crippen MR) is 157 cm³/mol. The highest BCUT2D eigenvalue weighted by Crippen LogP contribution is 2.33. The van der Waals surface area contributed by atoms with Gasteiger partial charge in [-0.3, -0.25) is 4.90 Å². The Kier molecular flexibility index (Phi) is 7.29. The van der Waals surface area contributed by atoms with Crippen LogP contribution in [0, 0.1) is 25.7 Å². The number of hydrogen-bond acceptors (Lipinski definition) is 6. The standard InChI is InChI=1S/C32H34N4O3S/c1-22-8-6-9-23(2)31(22)29-18-30-34-32(33-29)35-40(37,38)28-13-7-12-25(17-28)16-26-14-15-36(20-27(26)21-39-30)19-24-10-4-3-5-11-24/h3-13,17-18,26-27H,14-16,19-21H2,1-2H3,(H,33,34,35). The van der Waals surface area contributed by atoms with Crippen molar-refractivity contribution in [2.45, 2.75) is 38.1 Å². The Bertz CT molecular complexity index is 1600. The highest BCUT2D eigenvalue weighted by Gasteiger charge is 2.31. The molecule has 3 aromatic carbocycles. The fourth-order valence-corrected chi connectivity index (χ4v) is 7.02. The van der Waals surface area contributed by atoms with Gasteiger partial charge >= 0.3 is 0 Å². The molecular weight excluding hydrogens is 520 g/mol. The summed E-state index contributed by atoms with van der Waals surface area (Å²) in [6.45, 7) is 7.33. The minimum Gasteiger partial charge on any atom is -0.477 e. The van der Waals surface area contributed by atoms with Crippen LogP contribution in [0.3, 0.4) is 0 Å². The molecular formula is C32H34N4O3S. The van der Waals surface area contributed by atoms with Gasteiger partial charge in [0.2, 0.25) is 11.8 Å². The van der Waals surface area contributed by atoms with Gasteiger partial charge in [-0.2, -0.15) is 4.98 Å². The molecule has 1 N–H and O–H groups in total. The van der Waals surface area contributed by atoms with Crippen LogP contribution in [-0.2, 0) is 23.0 Å². The summed E-state index contributed by atoms with van der Waals surface area (Å²) in [6, 6.07) is 25.7. The lowest BCUT2D eigenvalue weighted by atomic mass is 9.81. The molecule has 0 amide bonds. The maximum absolute atomic E-state index is 13.4. The van der Waals surface area contributed by atoms with Gasteiger partial charge in [0.1, 0.15) is 0 Å². The second-order valence-electron chi connectivity index (χ2n) is 11.0. The summed E-state index contributed by atoms with van der Waals surface area (Å²) in [6.07, 6.45) is 1.81. The Morgan fingerprint density at radius 2 is 1.70 bits per heavy atom. The number of anilines is 1. The summed E-state index contributed by atoms with van der Waals surface area (Å²) in [5, 5.41) is 0. The summed E-state index contributed by atoms with van der Waals surface area (Å²) in [5.74, 6) is 0.993. The summed E-state index contributed by atoms with van der Waals surface area (Å²) in [7, 11) is -3.89. The lowest BCUT2D eigenvalue weighted by Gasteiger charge is -2.38. The SMILES string of the molecule is Cc1cccc(C)c1-c1cc2nc(n1)NS(=O)(=O)c1cccc(c1)CC1CCN(Cc3ccccc3)CC1CO2. The van der Waals surface area contributed by atoms with E-state index < -0.39 is 10.0 Å². The first-order valence-corrected chi connectivity index (χ1v) is 15.3. The molecule has 1 fully saturated rings. The number of hydrogen-bond donors (Lipinski definition) is 1. The van der Waals surface area contributed by atoms with Crippen LogP contribution < -0.4 is 9.46 Å². The van der Waals surface area contributed by atoms with Crippen molar-refractivity contribution in [3.8, 4) is 17.1 Å². The van der Waals surface area contributed by atoms with Gasteiger partial charge < -0.3 is 4.74 Å². The van der Waals surface area contributed by atoms with E-state index in [0.717, 1.165) is 54.7 Å². The van der Waals surface area contributed by atoms with E-state index in [4.69, 9.17) is 4.74 Å². The third kappa shape index (κ3) is 5.74. The molecule has 6 rings (SSSR count). The highest BCUT2D eigenvalue weighted by molar-refractivity contribution is 7.92. The Morgan fingerprint density at radius 1 is 0.925 bits per heavy atom. The molecule has 7 nitrogen and oxygen atoms in total. The number of fused-ring (bicyclic) bond motifs is 5. The fourth-order valence-electron chi connectivity index (χ4n) is 6.00. The molecule has 0 saturated carbocycles. The normalized spacial score (nSPS) is 20.6. The minimum atomic E-state index is -3.89. The first kappa shape index (κ1) is 26.5. The summed E-state index contributed by atoms with van der Waals surface area (Å²) in [5.41, 5.74) is 5.99. The second kappa shape index (κ2) is 11.0. The summed E-state index contributed by atoms with van der Waals surface area (Å²) in [4.78, 5) is 11.8. The van der Waals surface area contributed by atoms with Crippen molar-refractivity contribution in [1.82, 2.24) is 14.9 Å². The van der Waals surface area contributed by atoms with E-state index in [2.05, 4.69) is 43.9 Å². The number of aromatic nitrogens is 2. The molecule has 0 spiro atoms. The van der Waals surface area contributed by atoms with Gasteiger partial charge in [-0.05, 0) is 73.5 Å². The monoisotopic (exact) mass is 554 g/mol. The van der Waals surface area contributed by atoms with Crippen LogP contribution in [0.15, 0.2) is 83.8 Å². The number of piperidine rings is 1. The molecule has 2 aliphatic heterocycles. The van der Waals surface area contributed by atoms with E-state index in [-0.39, 0.29) is 16.8 Å². The number of rotatable bonds is 3. The molecule has 1 saturated heterocycles. The van der Waals surface area contributed by atoms with Crippen LogP contribution in [0.4, 0.5) is 5.95 Å². The number of sulfonamides is 1. The second-order valence-corrected chi connectivity index (χ2v) is 12.7. The van der Waals surface area contributed by atoms with Crippen LogP contribution in [0.2, 0.25) is 0 Å². The van der Waals surface area contributed by atoms with Gasteiger partial charge in [0.25, 0.3) is 10.0 Å². The smallest absolute Gasteiger partial charge is 0.264 e. The first-order chi connectivity index (χ1) is 19.3. The van der Waals surface area contributed by atoms with Gasteiger partial charge in [0.05, 0.1) is 17.2 Å². The molecule has 0 radical (unpaired) electrons. The Balaban J connectivity index is 1.38. The van der Waals surface area contributed by atoms with Crippen LogP contribution >= 0.6 is 0 Å². The van der Waals surface area contributed by atoms with Gasteiger partial charge in [0.15, 0.2) is 0 Å². The third-order valence-electron chi connectivity index (χ3n) is 8.04. The van der Waals surface area contributed by atoms with Crippen molar-refractivity contribution >= 4 is 16.0 Å². The molecule has 2 unspecified atom stereocenters. The number of nitrogens with one attached hydrogen (secondary N) is 1. The maximum atomic E-state index is 13.4. The molecule has 4 bridgehead atoms. The van der Waals surface area contributed by atoms with Crippen molar-refractivity contribution in [3.63, 3.8) is 0 Å². The molecule has 40 heavy (non-hydrogen) atoms. The first-order valence-electron chi connectivity index (χ1n) is 13.8. The number of likely N-dealkylation sites (tertiary alicyclic amines) is 1. The average Bonchev–Trinajstić information content (AvgIpc) is 2.93. The number of aryl methyl sites for hydroxylation is 2. The lowest BCUT2D eigenvalue weighted by molar-refractivity contribution is 0.0746. The van der Waals surface area contributed by atoms with Crippen molar-refractivity contribution in [3.05, 3.63) is 101 Å². The molecule has 0 aliphatic carbocycles. The zero-order valence-electron chi connectivity index (χ0n) is 22.9. The molecule has 206 valence electrons. The molecule has 8 heteroatoms. The number of ether oxygens (including phenoxy) is 1. The number of nitrogens with zero attached hydrogens (tertiary/aromatic N) is 3. The van der Waals surface area contributed by atoms with Crippen molar-refractivity contribution < 1.29 is 13.2 Å². The average molecular weight is 555 g/mol. The molecule has 2 aliphatic rings. The number of benzene rings is 3. The quantitative estimate of drug-likeness (QED) is 0.353. The molecule has 4 aromatic rings. The Morgan fingerprint density at radius 3 is 2.50 bits per heavy atom. The zero-order valence-corrected chi connectivity index (χ0v) is 23.7. The van der Waals surface area contributed by atoms with Gasteiger partial charge in [-0.1, -0.05) is 60.7 Å². The molecule has 3 heterocycles. The molecule has 1 aromatic heterocycles. The largest absolute Gasteiger partial charge is 0.477 e. The van der Waals surface area contributed by atoms with E-state index >= 15 is 0 Å². The topological polar surface area (TPSA) is 84.4 Å². The molecule has 2 atom stereocenters. The maximum Gasteiger partial charge on any atom is 0.264 e. The van der Waals surface area contributed by atoms with Crippen LogP contribution in [0.5, 0.6) is 5.88 Å². The lowest BCUT2D eigenvalue weighted by Crippen LogP contribution is -2.43. The van der Waals surface area contributed by atoms with Crippen molar-refractivity contribution in [2.24, 2.45) is 11.8 Å². The summed E-state index contributed by atoms with van der Waals surface area (Å²) < 4.78 is 35.8. The zero-order chi connectivity index (χ0) is 27.7. The third-order valence-corrected chi connectivity index (χ3v) is 9.37. The van der Waals surface area contributed by atoms with E-state index in [1.807, 2.05) is 56.3 Å². The predicted octanol–water partition coefficient (Wildman–Crippen LogP) is 5.63. The van der Waals surface area contributed by atoms with Crippen molar-refractivity contribution in [2.75, 3.05) is 24.4 Å². The Hall–Kier alpha value is -3.75.